The van der Waals surface area contributed by atoms with Gasteiger partial charge < -0.3 is 0 Å². The molecule has 1 aromatic heterocycles. The van der Waals surface area contributed by atoms with Gasteiger partial charge in [0.2, 0.25) is 0 Å². The van der Waals surface area contributed by atoms with Crippen molar-refractivity contribution in [3.05, 3.63) is 21.4 Å². The summed E-state index contributed by atoms with van der Waals surface area (Å²) in [6, 6.07) is 2.20. The summed E-state index contributed by atoms with van der Waals surface area (Å²) >= 11 is 1.78. The standard InChI is InChI=1S/C18H28OS/c1-2-3-4-5-6-9-12-16(19)18-14-15-11-8-7-10-13-17(15)20-18/h14H,2-13H2,1H3. The highest BCUT2D eigenvalue weighted by molar-refractivity contribution is 7.14. The van der Waals surface area contributed by atoms with E-state index in [0.717, 1.165) is 17.7 Å². The minimum absolute atomic E-state index is 0.388. The predicted octanol–water partition coefficient (Wildman–Crippen LogP) is 5.95. The third-order valence-electron chi connectivity index (χ3n) is 4.28. The quantitative estimate of drug-likeness (QED) is 0.329. The Balaban J connectivity index is 1.75. The van der Waals surface area contributed by atoms with Gasteiger partial charge in [0.1, 0.15) is 0 Å². The lowest BCUT2D eigenvalue weighted by atomic mass is 10.1. The summed E-state index contributed by atoms with van der Waals surface area (Å²) in [6.45, 7) is 2.24. The van der Waals surface area contributed by atoms with Gasteiger partial charge in [-0.25, -0.2) is 0 Å². The van der Waals surface area contributed by atoms with E-state index in [2.05, 4.69) is 13.0 Å². The van der Waals surface area contributed by atoms with E-state index in [9.17, 15) is 4.79 Å². The smallest absolute Gasteiger partial charge is 0.172 e. The third-order valence-corrected chi connectivity index (χ3v) is 5.56. The van der Waals surface area contributed by atoms with Crippen molar-refractivity contribution in [3.8, 4) is 0 Å². The minimum atomic E-state index is 0.388. The maximum Gasteiger partial charge on any atom is 0.172 e. The first kappa shape index (κ1) is 15.8. The minimum Gasteiger partial charge on any atom is -0.293 e. The Labute approximate surface area is 127 Å². The highest BCUT2D eigenvalue weighted by Gasteiger charge is 2.15. The number of aryl methyl sites for hydroxylation is 2. The fourth-order valence-corrected chi connectivity index (χ4v) is 4.21. The molecule has 1 heterocycles. The molecule has 0 N–H and O–H groups in total. The molecule has 1 aromatic rings. The number of unbranched alkanes of at least 4 members (excludes halogenated alkanes) is 5. The topological polar surface area (TPSA) is 17.1 Å². The van der Waals surface area contributed by atoms with Crippen LogP contribution in [0.2, 0.25) is 0 Å². The lowest BCUT2D eigenvalue weighted by Gasteiger charge is -2.00. The van der Waals surface area contributed by atoms with Crippen LogP contribution in [-0.2, 0) is 12.8 Å². The fraction of sp³-hybridized carbons (Fsp3) is 0.722. The van der Waals surface area contributed by atoms with Crippen molar-refractivity contribution in [3.63, 3.8) is 0 Å². The SMILES string of the molecule is CCCCCCCCC(=O)c1cc2c(s1)CCCCC2. The molecule has 0 spiro atoms. The molecule has 112 valence electrons. The lowest BCUT2D eigenvalue weighted by molar-refractivity contribution is 0.0983. The van der Waals surface area contributed by atoms with Gasteiger partial charge in [0.25, 0.3) is 0 Å². The van der Waals surface area contributed by atoms with Gasteiger partial charge in [-0.15, -0.1) is 11.3 Å². The third kappa shape index (κ3) is 4.73. The Bertz CT molecular complexity index is 396. The lowest BCUT2D eigenvalue weighted by Crippen LogP contribution is -1.95. The average molecular weight is 292 g/mol. The van der Waals surface area contributed by atoms with Crippen LogP contribution < -0.4 is 0 Å². The number of carbonyl (C=O) groups is 1. The number of hydrogen-bond acceptors (Lipinski definition) is 2. The second kappa shape index (κ2) is 8.61. The van der Waals surface area contributed by atoms with Crippen molar-refractivity contribution in [2.24, 2.45) is 0 Å². The first-order valence-electron chi connectivity index (χ1n) is 8.46. The second-order valence-electron chi connectivity index (χ2n) is 6.06. The van der Waals surface area contributed by atoms with E-state index in [1.54, 1.807) is 11.3 Å². The maximum atomic E-state index is 12.2. The Morgan fingerprint density at radius 1 is 1.05 bits per heavy atom. The zero-order valence-corrected chi connectivity index (χ0v) is 13.7. The zero-order valence-electron chi connectivity index (χ0n) is 12.9. The molecule has 20 heavy (non-hydrogen) atoms. The molecule has 1 aliphatic carbocycles. The van der Waals surface area contributed by atoms with Crippen molar-refractivity contribution in [1.82, 2.24) is 0 Å². The number of carbonyl (C=O) groups excluding carboxylic acids is 1. The van der Waals surface area contributed by atoms with Gasteiger partial charge in [0.15, 0.2) is 5.78 Å². The van der Waals surface area contributed by atoms with Crippen molar-refractivity contribution in [1.29, 1.82) is 0 Å². The molecule has 0 unspecified atom stereocenters. The largest absolute Gasteiger partial charge is 0.293 e. The van der Waals surface area contributed by atoms with Crippen molar-refractivity contribution >= 4 is 17.1 Å². The van der Waals surface area contributed by atoms with Crippen LogP contribution in [0.25, 0.3) is 0 Å². The molecule has 1 nitrogen and oxygen atoms in total. The number of fused-ring (bicyclic) bond motifs is 1. The van der Waals surface area contributed by atoms with E-state index < -0.39 is 0 Å². The van der Waals surface area contributed by atoms with Gasteiger partial charge in [0.05, 0.1) is 4.88 Å². The van der Waals surface area contributed by atoms with Crippen molar-refractivity contribution in [2.45, 2.75) is 84.0 Å². The fourth-order valence-electron chi connectivity index (χ4n) is 2.99. The molecule has 0 saturated heterocycles. The first-order valence-corrected chi connectivity index (χ1v) is 9.27. The Morgan fingerprint density at radius 3 is 2.65 bits per heavy atom. The zero-order chi connectivity index (χ0) is 14.2. The summed E-state index contributed by atoms with van der Waals surface area (Å²) < 4.78 is 0. The number of thiophene rings is 1. The monoisotopic (exact) mass is 292 g/mol. The predicted molar refractivity (Wildman–Crippen MR) is 87.9 cm³/mol. The summed E-state index contributed by atoms with van der Waals surface area (Å²) in [7, 11) is 0. The van der Waals surface area contributed by atoms with Gasteiger partial charge in [-0.05, 0) is 43.7 Å². The van der Waals surface area contributed by atoms with Crippen LogP contribution in [-0.4, -0.2) is 5.78 Å². The van der Waals surface area contributed by atoms with Gasteiger partial charge in [-0.2, -0.15) is 0 Å². The molecule has 0 bridgehead atoms. The van der Waals surface area contributed by atoms with Crippen molar-refractivity contribution < 1.29 is 4.79 Å². The Hall–Kier alpha value is -0.630. The summed E-state index contributed by atoms with van der Waals surface area (Å²) in [5.74, 6) is 0.388. The van der Waals surface area contributed by atoms with Crippen LogP contribution in [0, 0.1) is 0 Å². The van der Waals surface area contributed by atoms with Gasteiger partial charge >= 0.3 is 0 Å². The number of Topliss-reactive ketones (excluding diaryl/α,β-unsaturated/α-hetero) is 1. The number of ketones is 1. The molecule has 0 amide bonds. The van der Waals surface area contributed by atoms with Crippen LogP contribution in [0.3, 0.4) is 0 Å². The van der Waals surface area contributed by atoms with Crippen LogP contribution >= 0.6 is 11.3 Å². The molecule has 0 saturated carbocycles. The molecule has 0 aliphatic heterocycles. The first-order chi connectivity index (χ1) is 9.81. The summed E-state index contributed by atoms with van der Waals surface area (Å²) in [5, 5.41) is 0. The van der Waals surface area contributed by atoms with Gasteiger partial charge in [0, 0.05) is 11.3 Å². The van der Waals surface area contributed by atoms with E-state index in [-0.39, 0.29) is 0 Å². The summed E-state index contributed by atoms with van der Waals surface area (Å²) in [5.41, 5.74) is 1.47. The van der Waals surface area contributed by atoms with Crippen LogP contribution in [0.5, 0.6) is 0 Å². The Morgan fingerprint density at radius 2 is 1.80 bits per heavy atom. The average Bonchev–Trinajstić information content (AvgIpc) is 2.74. The highest BCUT2D eigenvalue weighted by Crippen LogP contribution is 2.30. The molecule has 0 aromatic carbocycles. The highest BCUT2D eigenvalue weighted by atomic mass is 32.1. The summed E-state index contributed by atoms with van der Waals surface area (Å²) in [6.07, 6.45) is 14.6. The van der Waals surface area contributed by atoms with Gasteiger partial charge in [-0.3, -0.25) is 4.79 Å². The summed E-state index contributed by atoms with van der Waals surface area (Å²) in [4.78, 5) is 14.8. The molecular formula is C18H28OS. The molecule has 2 rings (SSSR count). The van der Waals surface area contributed by atoms with Crippen molar-refractivity contribution in [2.75, 3.05) is 0 Å². The van der Waals surface area contributed by atoms with E-state index >= 15 is 0 Å². The van der Waals surface area contributed by atoms with E-state index in [1.807, 2.05) is 0 Å². The van der Waals surface area contributed by atoms with E-state index in [0.29, 0.717) is 5.78 Å². The molecular weight excluding hydrogens is 264 g/mol. The second-order valence-corrected chi connectivity index (χ2v) is 7.20. The number of rotatable bonds is 8. The van der Waals surface area contributed by atoms with Crippen LogP contribution in [0.4, 0.5) is 0 Å². The molecule has 0 atom stereocenters. The van der Waals surface area contributed by atoms with Gasteiger partial charge in [-0.1, -0.05) is 45.4 Å². The van der Waals surface area contributed by atoms with E-state index in [4.69, 9.17) is 0 Å². The molecule has 2 heteroatoms. The number of hydrogen-bond donors (Lipinski definition) is 0. The molecule has 0 radical (unpaired) electrons. The maximum absolute atomic E-state index is 12.2. The van der Waals surface area contributed by atoms with Crippen LogP contribution in [0.15, 0.2) is 6.07 Å². The molecule has 1 aliphatic rings. The van der Waals surface area contributed by atoms with E-state index in [1.165, 1.54) is 74.6 Å². The Kier molecular flexibility index (Phi) is 6.78. The van der Waals surface area contributed by atoms with Crippen LogP contribution in [0.1, 0.15) is 91.2 Å². The molecule has 0 fully saturated rings. The normalized spacial score (nSPS) is 14.8.